The van der Waals surface area contributed by atoms with Crippen LogP contribution >= 0.6 is 0 Å². The summed E-state index contributed by atoms with van der Waals surface area (Å²) >= 11 is 0. The molecule has 320 valence electrons. The van der Waals surface area contributed by atoms with Crippen molar-refractivity contribution in [2.24, 2.45) is 0 Å². The van der Waals surface area contributed by atoms with Crippen LogP contribution in [0.5, 0.6) is 0 Å². The molecule has 9 heteroatoms. The van der Waals surface area contributed by atoms with Crippen LogP contribution in [0, 0.1) is 0 Å². The zero-order valence-corrected chi connectivity index (χ0v) is 36.1. The van der Waals surface area contributed by atoms with E-state index in [9.17, 15) is 19.5 Å². The number of esters is 2. The molecule has 0 N–H and O–H groups in total. The maximum absolute atomic E-state index is 12.7. The number of carboxylic acids is 1. The van der Waals surface area contributed by atoms with Gasteiger partial charge in [0.15, 0.2) is 12.4 Å². The van der Waals surface area contributed by atoms with Gasteiger partial charge < -0.3 is 33.3 Å². The molecule has 0 fully saturated rings. The molecule has 0 amide bonds. The summed E-state index contributed by atoms with van der Waals surface area (Å²) in [5, 5.41) is 11.6. The lowest BCUT2D eigenvalue weighted by atomic mass is 10.0. The summed E-state index contributed by atoms with van der Waals surface area (Å²) in [6.45, 7) is 4.72. The van der Waals surface area contributed by atoms with Gasteiger partial charge in [-0.2, -0.15) is 0 Å². The van der Waals surface area contributed by atoms with Crippen molar-refractivity contribution in [1.29, 1.82) is 0 Å². The number of likely N-dealkylation sites (N-methyl/N-ethyl adjacent to an activating group) is 1. The zero-order valence-electron chi connectivity index (χ0n) is 36.1. The number of unbranched alkanes of at least 4 members (excludes halogenated alkanes) is 27. The second kappa shape index (κ2) is 38.2. The summed E-state index contributed by atoms with van der Waals surface area (Å²) in [6, 6.07) is 0. The van der Waals surface area contributed by atoms with Crippen LogP contribution in [-0.4, -0.2) is 82.3 Å². The smallest absolute Gasteiger partial charge is 0.306 e. The molecule has 2 atom stereocenters. The van der Waals surface area contributed by atoms with E-state index in [2.05, 4.69) is 13.8 Å². The molecular weight excluding hydrogens is 682 g/mol. The van der Waals surface area contributed by atoms with Crippen molar-refractivity contribution in [2.75, 3.05) is 47.5 Å². The van der Waals surface area contributed by atoms with Crippen molar-refractivity contribution in [2.45, 2.75) is 225 Å². The summed E-state index contributed by atoms with van der Waals surface area (Å²) in [5.74, 6) is -2.28. The van der Waals surface area contributed by atoms with Gasteiger partial charge in [0.25, 0.3) is 0 Å². The normalized spacial score (nSPS) is 12.8. The molecule has 54 heavy (non-hydrogen) atoms. The number of rotatable bonds is 42. The van der Waals surface area contributed by atoms with Crippen LogP contribution in [0.1, 0.15) is 213 Å². The van der Waals surface area contributed by atoms with Crippen molar-refractivity contribution in [1.82, 2.24) is 0 Å². The highest BCUT2D eigenvalue weighted by Gasteiger charge is 2.21. The molecule has 0 bridgehead atoms. The Morgan fingerprint density at radius 2 is 0.833 bits per heavy atom. The van der Waals surface area contributed by atoms with E-state index in [1.54, 1.807) is 0 Å². The first kappa shape index (κ1) is 52.3. The van der Waals surface area contributed by atoms with Crippen molar-refractivity contribution >= 4 is 17.9 Å². The third-order valence-electron chi connectivity index (χ3n) is 10.1. The molecule has 0 aliphatic heterocycles. The average molecular weight is 770 g/mol. The number of nitrogens with zero attached hydrogens (tertiary/aromatic N) is 1. The van der Waals surface area contributed by atoms with Gasteiger partial charge in [0.2, 0.25) is 0 Å². The molecule has 0 aliphatic rings. The minimum atomic E-state index is -1.61. The van der Waals surface area contributed by atoms with Gasteiger partial charge in [-0.15, -0.1) is 0 Å². The van der Waals surface area contributed by atoms with E-state index in [1.165, 1.54) is 148 Å². The number of aliphatic carboxylic acids is 1. The molecular formula is C45H87NO8. The Labute approximate surface area is 332 Å². The maximum atomic E-state index is 12.7. The number of quaternary nitrogens is 1. The van der Waals surface area contributed by atoms with E-state index in [0.717, 1.165) is 38.5 Å². The largest absolute Gasteiger partial charge is 0.545 e. The number of carbonyl (C=O) groups is 3. The van der Waals surface area contributed by atoms with Gasteiger partial charge in [-0.25, -0.2) is 0 Å². The number of hydrogen-bond acceptors (Lipinski definition) is 8. The third kappa shape index (κ3) is 38.6. The number of hydrogen-bond donors (Lipinski definition) is 0. The van der Waals surface area contributed by atoms with E-state index in [-0.39, 0.29) is 32.2 Å². The van der Waals surface area contributed by atoms with Crippen LogP contribution in [0.15, 0.2) is 0 Å². The predicted octanol–water partition coefficient (Wildman–Crippen LogP) is 10.4. The summed E-state index contributed by atoms with van der Waals surface area (Å²) in [7, 11) is 5.91. The monoisotopic (exact) mass is 770 g/mol. The molecule has 0 saturated heterocycles. The molecule has 0 aromatic heterocycles. The zero-order chi connectivity index (χ0) is 40.0. The van der Waals surface area contributed by atoms with Gasteiger partial charge in [-0.3, -0.25) is 9.59 Å². The number of ether oxygens (including phenoxy) is 4. The van der Waals surface area contributed by atoms with Gasteiger partial charge in [0, 0.05) is 12.8 Å². The van der Waals surface area contributed by atoms with E-state index < -0.39 is 24.3 Å². The van der Waals surface area contributed by atoms with Gasteiger partial charge in [-0.1, -0.05) is 187 Å². The minimum absolute atomic E-state index is 0.152. The molecule has 0 aliphatic carbocycles. The molecule has 0 rings (SSSR count). The first-order valence-electron chi connectivity index (χ1n) is 22.7. The van der Waals surface area contributed by atoms with E-state index in [1.807, 2.05) is 21.1 Å². The highest BCUT2D eigenvalue weighted by atomic mass is 16.7. The van der Waals surface area contributed by atoms with Crippen LogP contribution < -0.4 is 5.11 Å². The minimum Gasteiger partial charge on any atom is -0.545 e. The Morgan fingerprint density at radius 3 is 1.19 bits per heavy atom. The first-order chi connectivity index (χ1) is 26.1. The van der Waals surface area contributed by atoms with Crippen molar-refractivity contribution in [3.63, 3.8) is 0 Å². The lowest BCUT2D eigenvalue weighted by molar-refractivity contribution is -0.870. The summed E-state index contributed by atoms with van der Waals surface area (Å²) in [6.07, 6.45) is 34.5. The summed E-state index contributed by atoms with van der Waals surface area (Å²) < 4.78 is 22.5. The molecule has 2 unspecified atom stereocenters. The van der Waals surface area contributed by atoms with Crippen molar-refractivity contribution < 1.29 is 42.9 Å². The summed E-state index contributed by atoms with van der Waals surface area (Å²) in [4.78, 5) is 36.7. The Balaban J connectivity index is 4.19. The Hall–Kier alpha value is -1.71. The van der Waals surface area contributed by atoms with Crippen LogP contribution in [0.4, 0.5) is 0 Å². The summed E-state index contributed by atoms with van der Waals surface area (Å²) in [5.41, 5.74) is 0. The number of carboxylic acid groups (broad SMARTS) is 1. The molecule has 9 nitrogen and oxygen atoms in total. The second-order valence-corrected chi connectivity index (χ2v) is 16.7. The van der Waals surface area contributed by atoms with Crippen LogP contribution in [-0.2, 0) is 33.3 Å². The van der Waals surface area contributed by atoms with Gasteiger partial charge >= 0.3 is 11.9 Å². The second-order valence-electron chi connectivity index (χ2n) is 16.7. The standard InChI is InChI=1S/C45H87NO8/c1-6-8-10-12-14-15-16-17-18-19-20-21-22-23-24-25-26-27-28-30-32-34-36-43(48)54-41(39-52-42(47)35-33-31-29-13-11-9-7-2)40-53-45(44(49)50)51-38-37-46(3,4)5/h41,45H,6-40H2,1-5H3. The van der Waals surface area contributed by atoms with Crippen LogP contribution in [0.3, 0.4) is 0 Å². The Bertz CT molecular complexity index is 861. The van der Waals surface area contributed by atoms with E-state index in [0.29, 0.717) is 17.4 Å². The quantitative estimate of drug-likeness (QED) is 0.0261. The van der Waals surface area contributed by atoms with E-state index in [4.69, 9.17) is 18.9 Å². The fraction of sp³-hybridized carbons (Fsp3) is 0.933. The lowest BCUT2D eigenvalue weighted by Gasteiger charge is -2.26. The molecule has 0 heterocycles. The Morgan fingerprint density at radius 1 is 0.481 bits per heavy atom. The molecule has 0 spiro atoms. The highest BCUT2D eigenvalue weighted by molar-refractivity contribution is 5.70. The van der Waals surface area contributed by atoms with Crippen molar-refractivity contribution in [3.05, 3.63) is 0 Å². The molecule has 0 aromatic carbocycles. The molecule has 0 saturated carbocycles. The first-order valence-corrected chi connectivity index (χ1v) is 22.7. The topological polar surface area (TPSA) is 111 Å². The molecule has 0 aromatic rings. The third-order valence-corrected chi connectivity index (χ3v) is 10.1. The fourth-order valence-electron chi connectivity index (χ4n) is 6.54. The van der Waals surface area contributed by atoms with Crippen LogP contribution in [0.25, 0.3) is 0 Å². The SMILES string of the molecule is CCCCCCCCCCCCCCCCCCCCCCCCC(=O)OC(COC(=O)CCCCCCCCC)COC(OCC[N+](C)(C)C)C(=O)[O-]. The van der Waals surface area contributed by atoms with Crippen molar-refractivity contribution in [3.8, 4) is 0 Å². The average Bonchev–Trinajstić information content (AvgIpc) is 3.12. The van der Waals surface area contributed by atoms with Gasteiger partial charge in [0.05, 0.1) is 40.3 Å². The van der Waals surface area contributed by atoms with Gasteiger partial charge in [-0.05, 0) is 12.8 Å². The Kier molecular flexibility index (Phi) is 37.0. The van der Waals surface area contributed by atoms with E-state index >= 15 is 0 Å². The lowest BCUT2D eigenvalue weighted by Crippen LogP contribution is -2.44. The highest BCUT2D eigenvalue weighted by Crippen LogP contribution is 2.16. The van der Waals surface area contributed by atoms with Gasteiger partial charge in [0.1, 0.15) is 13.2 Å². The predicted molar refractivity (Wildman–Crippen MR) is 219 cm³/mol. The molecule has 0 radical (unpaired) electrons. The number of carbonyl (C=O) groups excluding carboxylic acids is 3. The van der Waals surface area contributed by atoms with Crippen LogP contribution in [0.2, 0.25) is 0 Å². The fourth-order valence-corrected chi connectivity index (χ4v) is 6.54. The maximum Gasteiger partial charge on any atom is 0.306 e.